The zero-order chi connectivity index (χ0) is 18.1. The van der Waals surface area contributed by atoms with E-state index in [-0.39, 0.29) is 17.7 Å². The van der Waals surface area contributed by atoms with Crippen LogP contribution in [-0.2, 0) is 9.59 Å². The molecular formula is C16H20N4O3S2. The lowest BCUT2D eigenvalue weighted by molar-refractivity contribution is -0.127. The van der Waals surface area contributed by atoms with E-state index in [4.69, 9.17) is 5.26 Å². The molecule has 1 aliphatic rings. The van der Waals surface area contributed by atoms with Crippen molar-refractivity contribution in [3.63, 3.8) is 0 Å². The summed E-state index contributed by atoms with van der Waals surface area (Å²) in [4.78, 5) is 36.0. The van der Waals surface area contributed by atoms with E-state index in [1.54, 1.807) is 12.1 Å². The third-order valence-corrected chi connectivity index (χ3v) is 5.57. The first-order chi connectivity index (χ1) is 12.1. The molecule has 134 valence electrons. The number of unbranched alkanes of at least 4 members (excludes halogenated alkanes) is 2. The molecule has 2 heterocycles. The number of rotatable bonds is 8. The minimum absolute atomic E-state index is 0.0974. The van der Waals surface area contributed by atoms with Gasteiger partial charge < -0.3 is 16.0 Å². The van der Waals surface area contributed by atoms with Gasteiger partial charge in [0, 0.05) is 18.8 Å². The van der Waals surface area contributed by atoms with Gasteiger partial charge in [-0.25, -0.2) is 0 Å². The molecule has 3 N–H and O–H groups in total. The highest BCUT2D eigenvalue weighted by atomic mass is 32.2. The van der Waals surface area contributed by atoms with E-state index in [0.29, 0.717) is 34.3 Å². The Morgan fingerprint density at radius 3 is 2.68 bits per heavy atom. The number of amides is 3. The summed E-state index contributed by atoms with van der Waals surface area (Å²) in [6, 6.07) is 4.86. The van der Waals surface area contributed by atoms with Crippen LogP contribution in [0.25, 0.3) is 0 Å². The third kappa shape index (κ3) is 6.40. The Balaban J connectivity index is 1.52. The molecule has 1 fully saturated rings. The van der Waals surface area contributed by atoms with Crippen LogP contribution in [-0.4, -0.2) is 48.4 Å². The second kappa shape index (κ2) is 10.1. The van der Waals surface area contributed by atoms with Crippen molar-refractivity contribution < 1.29 is 14.4 Å². The van der Waals surface area contributed by atoms with Crippen molar-refractivity contribution in [1.82, 2.24) is 16.0 Å². The van der Waals surface area contributed by atoms with Gasteiger partial charge in [0.05, 0.1) is 10.6 Å². The number of hydrogen-bond acceptors (Lipinski definition) is 6. The molecule has 25 heavy (non-hydrogen) atoms. The molecule has 3 amide bonds. The molecule has 0 radical (unpaired) electrons. The molecule has 9 heteroatoms. The van der Waals surface area contributed by atoms with Crippen LogP contribution in [0.4, 0.5) is 0 Å². The van der Waals surface area contributed by atoms with Gasteiger partial charge in [0.1, 0.15) is 17.0 Å². The smallest absolute Gasteiger partial charge is 0.261 e. The second-order valence-electron chi connectivity index (χ2n) is 5.52. The van der Waals surface area contributed by atoms with Crippen LogP contribution in [0, 0.1) is 11.3 Å². The normalized spacial score (nSPS) is 16.6. The monoisotopic (exact) mass is 380 g/mol. The maximum absolute atomic E-state index is 11.9. The molecule has 0 aromatic carbocycles. The summed E-state index contributed by atoms with van der Waals surface area (Å²) < 4.78 is 0. The largest absolute Gasteiger partial charge is 0.354 e. The van der Waals surface area contributed by atoms with E-state index in [2.05, 4.69) is 16.0 Å². The van der Waals surface area contributed by atoms with Gasteiger partial charge in [-0.15, -0.1) is 23.1 Å². The number of thiophene rings is 1. The van der Waals surface area contributed by atoms with E-state index < -0.39 is 6.04 Å². The minimum atomic E-state index is -0.436. The van der Waals surface area contributed by atoms with E-state index in [0.717, 1.165) is 19.3 Å². The molecule has 1 aliphatic heterocycles. The van der Waals surface area contributed by atoms with Gasteiger partial charge in [-0.2, -0.15) is 5.26 Å². The number of nitrogens with one attached hydrogen (secondary N) is 3. The molecule has 0 saturated carbocycles. The van der Waals surface area contributed by atoms with Crippen LogP contribution < -0.4 is 16.0 Å². The molecule has 1 atom stereocenters. The first-order valence-electron chi connectivity index (χ1n) is 8.03. The molecule has 2 rings (SSSR count). The second-order valence-corrected chi connectivity index (χ2v) is 7.63. The van der Waals surface area contributed by atoms with Gasteiger partial charge in [-0.3, -0.25) is 14.4 Å². The highest BCUT2D eigenvalue weighted by molar-refractivity contribution is 8.00. The van der Waals surface area contributed by atoms with Crippen LogP contribution in [0.5, 0.6) is 0 Å². The summed E-state index contributed by atoms with van der Waals surface area (Å²) in [5.41, 5.74) is 0. The predicted molar refractivity (Wildman–Crippen MR) is 97.5 cm³/mol. The lowest BCUT2D eigenvalue weighted by atomic mass is 10.2. The quantitative estimate of drug-likeness (QED) is 0.580. The average molecular weight is 380 g/mol. The fourth-order valence-electron chi connectivity index (χ4n) is 2.26. The highest BCUT2D eigenvalue weighted by Crippen LogP contribution is 2.14. The van der Waals surface area contributed by atoms with Gasteiger partial charge >= 0.3 is 0 Å². The van der Waals surface area contributed by atoms with Gasteiger partial charge in [0.25, 0.3) is 5.91 Å². The Labute approximate surface area is 154 Å². The zero-order valence-corrected chi connectivity index (χ0v) is 15.3. The van der Waals surface area contributed by atoms with Crippen LogP contribution in [0.15, 0.2) is 12.1 Å². The topological polar surface area (TPSA) is 111 Å². The predicted octanol–water partition coefficient (Wildman–Crippen LogP) is 0.868. The van der Waals surface area contributed by atoms with Crippen LogP contribution >= 0.6 is 23.1 Å². The summed E-state index contributed by atoms with van der Waals surface area (Å²) >= 11 is 2.64. The fraction of sp³-hybridized carbons (Fsp3) is 0.500. The summed E-state index contributed by atoms with van der Waals surface area (Å²) in [5.74, 6) is 0.628. The highest BCUT2D eigenvalue weighted by Gasteiger charge is 2.24. The summed E-state index contributed by atoms with van der Waals surface area (Å²) in [7, 11) is 0. The number of thioether (sulfide) groups is 1. The zero-order valence-electron chi connectivity index (χ0n) is 13.7. The lowest BCUT2D eigenvalue weighted by Gasteiger charge is -2.21. The van der Waals surface area contributed by atoms with Gasteiger partial charge in [-0.05, 0) is 31.4 Å². The number of nitriles is 1. The number of carbonyl (C=O) groups is 3. The number of nitrogens with zero attached hydrogens (tertiary/aromatic N) is 1. The van der Waals surface area contributed by atoms with Gasteiger partial charge in [0.15, 0.2) is 0 Å². The van der Waals surface area contributed by atoms with Crippen molar-refractivity contribution in [2.45, 2.75) is 25.3 Å². The number of hydrogen-bond donors (Lipinski definition) is 3. The Bertz CT molecular complexity index is 669. The van der Waals surface area contributed by atoms with E-state index >= 15 is 0 Å². The van der Waals surface area contributed by atoms with Crippen LogP contribution in [0.2, 0.25) is 0 Å². The lowest BCUT2D eigenvalue weighted by Crippen LogP contribution is -2.51. The van der Waals surface area contributed by atoms with Crippen LogP contribution in [0.3, 0.4) is 0 Å². The Morgan fingerprint density at radius 1 is 1.24 bits per heavy atom. The average Bonchev–Trinajstić information content (AvgIpc) is 3.10. The van der Waals surface area contributed by atoms with Crippen molar-refractivity contribution >= 4 is 40.8 Å². The SMILES string of the molecule is N#Cc1ccc(C(=O)NCCCCCNC(=O)[C@@H]2CSCC(=O)N2)s1. The molecule has 1 saturated heterocycles. The molecule has 0 bridgehead atoms. The fourth-order valence-corrected chi connectivity index (χ4v) is 3.84. The van der Waals surface area contributed by atoms with E-state index in [9.17, 15) is 14.4 Å². The van der Waals surface area contributed by atoms with Crippen LogP contribution in [0.1, 0.15) is 33.8 Å². The first kappa shape index (κ1) is 19.3. The standard InChI is InChI=1S/C16H20N4O3S2/c17-8-11-4-5-13(25-11)16(23)19-7-3-1-2-6-18-15(22)12-9-24-10-14(21)20-12/h4-5,12H,1-3,6-7,9-10H2,(H,18,22)(H,19,23)(H,20,21)/t12-/m0/s1. The molecular weight excluding hydrogens is 360 g/mol. The molecule has 0 spiro atoms. The molecule has 7 nitrogen and oxygen atoms in total. The Hall–Kier alpha value is -2.05. The summed E-state index contributed by atoms with van der Waals surface area (Å²) in [6.45, 7) is 1.11. The van der Waals surface area contributed by atoms with Crippen molar-refractivity contribution in [3.8, 4) is 6.07 Å². The van der Waals surface area contributed by atoms with Crippen molar-refractivity contribution in [3.05, 3.63) is 21.9 Å². The maximum Gasteiger partial charge on any atom is 0.261 e. The molecule has 1 aromatic heterocycles. The van der Waals surface area contributed by atoms with Crippen molar-refractivity contribution in [1.29, 1.82) is 5.26 Å². The summed E-state index contributed by atoms with van der Waals surface area (Å²) in [6.07, 6.45) is 2.50. The Morgan fingerprint density at radius 2 is 2.00 bits per heavy atom. The van der Waals surface area contributed by atoms with Gasteiger partial charge in [-0.1, -0.05) is 0 Å². The molecule has 0 unspecified atom stereocenters. The summed E-state index contributed by atoms with van der Waals surface area (Å²) in [5, 5.41) is 17.1. The molecule has 0 aliphatic carbocycles. The van der Waals surface area contributed by atoms with Crippen molar-refractivity contribution in [2.75, 3.05) is 24.6 Å². The van der Waals surface area contributed by atoms with Crippen molar-refractivity contribution in [2.24, 2.45) is 0 Å². The van der Waals surface area contributed by atoms with E-state index in [1.807, 2.05) is 6.07 Å². The van der Waals surface area contributed by atoms with Gasteiger partial charge in [0.2, 0.25) is 11.8 Å². The molecule has 1 aromatic rings. The Kier molecular flexibility index (Phi) is 7.76. The third-order valence-electron chi connectivity index (χ3n) is 3.55. The van der Waals surface area contributed by atoms with E-state index in [1.165, 1.54) is 23.1 Å². The first-order valence-corrected chi connectivity index (χ1v) is 10.00. The minimum Gasteiger partial charge on any atom is -0.354 e. The number of carbonyl (C=O) groups excluding carboxylic acids is 3. The maximum atomic E-state index is 11.9.